The minimum absolute atomic E-state index is 0.0729. The van der Waals surface area contributed by atoms with Crippen LogP contribution in [0, 0.1) is 11.8 Å². The molecule has 0 aromatic heterocycles. The third-order valence-electron chi connectivity index (χ3n) is 4.16. The second kappa shape index (κ2) is 5.31. The first kappa shape index (κ1) is 14.0. The van der Waals surface area contributed by atoms with Gasteiger partial charge in [0.25, 0.3) is 0 Å². The van der Waals surface area contributed by atoms with Gasteiger partial charge < -0.3 is 16.4 Å². The molecule has 0 bridgehead atoms. The molecule has 1 aromatic carbocycles. The third kappa shape index (κ3) is 2.51. The summed E-state index contributed by atoms with van der Waals surface area (Å²) in [4.78, 5) is 13.4. The first-order valence-corrected chi connectivity index (χ1v) is 6.80. The summed E-state index contributed by atoms with van der Waals surface area (Å²) >= 11 is 0. The van der Waals surface area contributed by atoms with Crippen LogP contribution in [-0.4, -0.2) is 19.5 Å². The second-order valence-corrected chi connectivity index (χ2v) is 5.69. The van der Waals surface area contributed by atoms with E-state index >= 15 is 0 Å². The molecular weight excluding hydrogens is 238 g/mol. The molecule has 0 aliphatic carbocycles. The topological polar surface area (TPSA) is 72.3 Å². The number of likely N-dealkylation sites (N-methyl/N-ethyl adjacent to an activating group) is 1. The highest BCUT2D eigenvalue weighted by atomic mass is 16.2. The van der Waals surface area contributed by atoms with E-state index in [9.17, 15) is 4.79 Å². The van der Waals surface area contributed by atoms with E-state index in [0.29, 0.717) is 18.9 Å². The molecule has 1 heterocycles. The summed E-state index contributed by atoms with van der Waals surface area (Å²) in [7, 11) is 1.81. The van der Waals surface area contributed by atoms with Gasteiger partial charge in [-0.2, -0.15) is 0 Å². The van der Waals surface area contributed by atoms with Crippen LogP contribution < -0.4 is 16.4 Å². The zero-order valence-corrected chi connectivity index (χ0v) is 11.9. The van der Waals surface area contributed by atoms with Crippen molar-refractivity contribution in [2.75, 3.05) is 18.5 Å². The molecule has 1 amide bonds. The smallest absolute Gasteiger partial charge is 0.231 e. The van der Waals surface area contributed by atoms with Crippen LogP contribution in [0.2, 0.25) is 0 Å². The summed E-state index contributed by atoms with van der Waals surface area (Å²) in [6.07, 6.45) is 0.474. The van der Waals surface area contributed by atoms with Crippen LogP contribution in [0.1, 0.15) is 31.0 Å². The molecule has 4 N–H and O–H groups in total. The Balaban J connectivity index is 2.28. The summed E-state index contributed by atoms with van der Waals surface area (Å²) < 4.78 is 0. The van der Waals surface area contributed by atoms with E-state index in [4.69, 9.17) is 11.5 Å². The predicted octanol–water partition coefficient (Wildman–Crippen LogP) is 1.44. The monoisotopic (exact) mass is 261 g/mol. The molecule has 0 saturated carbocycles. The number of amides is 1. The van der Waals surface area contributed by atoms with Gasteiger partial charge in [-0.3, -0.25) is 4.79 Å². The van der Waals surface area contributed by atoms with Crippen LogP contribution in [0.3, 0.4) is 0 Å². The number of benzene rings is 1. The SMILES string of the molecule is CC(C)C(CN)C(N)c1ccc2c(c1)CC(=O)N2C. The van der Waals surface area contributed by atoms with Gasteiger partial charge in [0.15, 0.2) is 0 Å². The van der Waals surface area contributed by atoms with Crippen molar-refractivity contribution in [1.29, 1.82) is 0 Å². The summed E-state index contributed by atoms with van der Waals surface area (Å²) in [6, 6.07) is 6.00. The summed E-state index contributed by atoms with van der Waals surface area (Å²) in [5.41, 5.74) is 15.3. The minimum atomic E-state index is -0.0729. The Bertz CT molecular complexity index is 484. The van der Waals surface area contributed by atoms with Crippen molar-refractivity contribution in [2.45, 2.75) is 26.3 Å². The molecular formula is C15H23N3O. The summed E-state index contributed by atoms with van der Waals surface area (Å²) in [6.45, 7) is 4.86. The number of fused-ring (bicyclic) bond motifs is 1. The van der Waals surface area contributed by atoms with Gasteiger partial charge in [0.1, 0.15) is 0 Å². The number of hydrogen-bond acceptors (Lipinski definition) is 3. The van der Waals surface area contributed by atoms with Gasteiger partial charge in [0.05, 0.1) is 6.42 Å². The van der Waals surface area contributed by atoms with E-state index in [1.165, 1.54) is 0 Å². The summed E-state index contributed by atoms with van der Waals surface area (Å²) in [5, 5.41) is 0. The number of carbonyl (C=O) groups is 1. The van der Waals surface area contributed by atoms with E-state index in [2.05, 4.69) is 19.9 Å². The zero-order valence-electron chi connectivity index (χ0n) is 11.9. The molecule has 1 aliphatic rings. The Labute approximate surface area is 114 Å². The number of nitrogens with two attached hydrogens (primary N) is 2. The quantitative estimate of drug-likeness (QED) is 0.861. The maximum atomic E-state index is 11.7. The fraction of sp³-hybridized carbons (Fsp3) is 0.533. The highest BCUT2D eigenvalue weighted by molar-refractivity contribution is 6.00. The average molecular weight is 261 g/mol. The molecule has 19 heavy (non-hydrogen) atoms. The minimum Gasteiger partial charge on any atom is -0.330 e. The van der Waals surface area contributed by atoms with Gasteiger partial charge in [-0.15, -0.1) is 0 Å². The molecule has 0 radical (unpaired) electrons. The van der Waals surface area contributed by atoms with Crippen molar-refractivity contribution in [3.63, 3.8) is 0 Å². The maximum absolute atomic E-state index is 11.7. The normalized spacial score (nSPS) is 17.8. The van der Waals surface area contributed by atoms with Crippen molar-refractivity contribution in [1.82, 2.24) is 0 Å². The van der Waals surface area contributed by atoms with Gasteiger partial charge in [0.2, 0.25) is 5.91 Å². The number of carbonyl (C=O) groups excluding carboxylic acids is 1. The lowest BCUT2D eigenvalue weighted by Gasteiger charge is -2.26. The van der Waals surface area contributed by atoms with Crippen molar-refractivity contribution in [3.05, 3.63) is 29.3 Å². The molecule has 0 fully saturated rings. The largest absolute Gasteiger partial charge is 0.330 e. The van der Waals surface area contributed by atoms with Gasteiger partial charge in [0, 0.05) is 18.8 Å². The van der Waals surface area contributed by atoms with Gasteiger partial charge in [-0.25, -0.2) is 0 Å². The van der Waals surface area contributed by atoms with Crippen LogP contribution in [0.5, 0.6) is 0 Å². The Morgan fingerprint density at radius 1 is 1.37 bits per heavy atom. The van der Waals surface area contributed by atoms with E-state index < -0.39 is 0 Å². The lowest BCUT2D eigenvalue weighted by molar-refractivity contribution is -0.117. The molecule has 2 unspecified atom stereocenters. The van der Waals surface area contributed by atoms with Crippen molar-refractivity contribution < 1.29 is 4.79 Å². The highest BCUT2D eigenvalue weighted by Gasteiger charge is 2.27. The average Bonchev–Trinajstić information content (AvgIpc) is 2.65. The van der Waals surface area contributed by atoms with Gasteiger partial charge >= 0.3 is 0 Å². The summed E-state index contributed by atoms with van der Waals surface area (Å²) in [5.74, 6) is 0.838. The molecule has 2 rings (SSSR count). The molecule has 4 nitrogen and oxygen atoms in total. The fourth-order valence-electron chi connectivity index (χ4n) is 2.78. The Hall–Kier alpha value is -1.39. The Morgan fingerprint density at radius 3 is 2.63 bits per heavy atom. The maximum Gasteiger partial charge on any atom is 0.231 e. The molecule has 1 aliphatic heterocycles. The molecule has 0 saturated heterocycles. The van der Waals surface area contributed by atoms with Crippen molar-refractivity contribution in [2.24, 2.45) is 23.3 Å². The third-order valence-corrected chi connectivity index (χ3v) is 4.16. The molecule has 1 aromatic rings. The van der Waals surface area contributed by atoms with Crippen LogP contribution in [0.4, 0.5) is 5.69 Å². The van der Waals surface area contributed by atoms with Crippen molar-refractivity contribution in [3.8, 4) is 0 Å². The lowest BCUT2D eigenvalue weighted by Crippen LogP contribution is -2.31. The van der Waals surface area contributed by atoms with E-state index in [-0.39, 0.29) is 17.9 Å². The molecule has 104 valence electrons. The van der Waals surface area contributed by atoms with Gasteiger partial charge in [-0.05, 0) is 35.6 Å². The Kier molecular flexibility index (Phi) is 3.92. The van der Waals surface area contributed by atoms with Crippen LogP contribution >= 0.6 is 0 Å². The molecule has 2 atom stereocenters. The van der Waals surface area contributed by atoms with Gasteiger partial charge in [-0.1, -0.05) is 26.0 Å². The second-order valence-electron chi connectivity index (χ2n) is 5.69. The van der Waals surface area contributed by atoms with E-state index in [1.54, 1.807) is 4.90 Å². The van der Waals surface area contributed by atoms with Crippen LogP contribution in [0.25, 0.3) is 0 Å². The van der Waals surface area contributed by atoms with E-state index in [1.807, 2.05) is 19.2 Å². The number of rotatable bonds is 4. The lowest BCUT2D eigenvalue weighted by atomic mass is 9.84. The standard InChI is InChI=1S/C15H23N3O/c1-9(2)12(8-16)15(17)10-4-5-13-11(6-10)7-14(19)18(13)3/h4-6,9,12,15H,7-8,16-17H2,1-3H3. The zero-order chi connectivity index (χ0) is 14.2. The van der Waals surface area contributed by atoms with Crippen LogP contribution in [0.15, 0.2) is 18.2 Å². The van der Waals surface area contributed by atoms with E-state index in [0.717, 1.165) is 16.8 Å². The Morgan fingerprint density at radius 2 is 2.05 bits per heavy atom. The van der Waals surface area contributed by atoms with Crippen LogP contribution in [-0.2, 0) is 11.2 Å². The molecule has 4 heteroatoms. The fourth-order valence-corrected chi connectivity index (χ4v) is 2.78. The number of anilines is 1. The predicted molar refractivity (Wildman–Crippen MR) is 77.9 cm³/mol. The first-order chi connectivity index (χ1) is 8.95. The first-order valence-electron chi connectivity index (χ1n) is 6.80. The molecule has 0 spiro atoms. The number of nitrogens with zero attached hydrogens (tertiary/aromatic N) is 1. The highest BCUT2D eigenvalue weighted by Crippen LogP contribution is 2.32. The van der Waals surface area contributed by atoms with Crippen molar-refractivity contribution >= 4 is 11.6 Å². The number of hydrogen-bond donors (Lipinski definition) is 2.